The van der Waals surface area contributed by atoms with Crippen LogP contribution in [-0.4, -0.2) is 26.9 Å². The van der Waals surface area contributed by atoms with Gasteiger partial charge in [-0.3, -0.25) is 9.69 Å². The Kier molecular flexibility index (Phi) is 5.95. The smallest absolute Gasteiger partial charge is 0.343 e. The summed E-state index contributed by atoms with van der Waals surface area (Å²) in [5, 5.41) is 2.81. The van der Waals surface area contributed by atoms with Gasteiger partial charge in [0.15, 0.2) is 0 Å². The Morgan fingerprint density at radius 2 is 1.55 bits per heavy atom. The molecule has 33 heavy (non-hydrogen) atoms. The molecule has 4 rings (SSSR count). The zero-order chi connectivity index (χ0) is 23.8. The molecule has 1 aliphatic rings. The third-order valence-corrected chi connectivity index (χ3v) is 7.31. The standard InChI is InChI=1S/C25H25N3O4S/c1-17-9-12-20(13-10-17)15-26-24(29)16-27-21-6-4-5-7-23(21)33(31,32)28(25(27)30)22-14-18(2)8-11-19(22)3/h4-14H,15-16H2,1-3H3,(H,26,29). The molecular formula is C25H25N3O4S. The normalized spacial score (nSPS) is 14.7. The molecule has 3 aromatic rings. The molecule has 8 heteroatoms. The summed E-state index contributed by atoms with van der Waals surface area (Å²) < 4.78 is 27.6. The number of urea groups is 1. The second kappa shape index (κ2) is 8.71. The van der Waals surface area contributed by atoms with Crippen molar-refractivity contribution in [2.45, 2.75) is 32.2 Å². The van der Waals surface area contributed by atoms with Gasteiger partial charge in [0, 0.05) is 6.54 Å². The maximum atomic E-state index is 13.5. The van der Waals surface area contributed by atoms with Gasteiger partial charge in [0.2, 0.25) is 5.91 Å². The number of fused-ring (bicyclic) bond motifs is 1. The Labute approximate surface area is 193 Å². The number of nitrogens with zero attached hydrogens (tertiary/aromatic N) is 2. The van der Waals surface area contributed by atoms with Gasteiger partial charge in [-0.05, 0) is 55.7 Å². The lowest BCUT2D eigenvalue weighted by Gasteiger charge is -2.36. The van der Waals surface area contributed by atoms with Crippen molar-refractivity contribution in [2.24, 2.45) is 0 Å². The summed E-state index contributed by atoms with van der Waals surface area (Å²) in [6.07, 6.45) is 0. The van der Waals surface area contributed by atoms with E-state index in [4.69, 9.17) is 0 Å². The molecule has 3 aromatic carbocycles. The van der Waals surface area contributed by atoms with E-state index < -0.39 is 16.1 Å². The lowest BCUT2D eigenvalue weighted by molar-refractivity contribution is -0.119. The van der Waals surface area contributed by atoms with Crippen molar-refractivity contribution >= 4 is 33.3 Å². The summed E-state index contributed by atoms with van der Waals surface area (Å²) in [5.74, 6) is -0.390. The highest BCUT2D eigenvalue weighted by Gasteiger charge is 2.43. The van der Waals surface area contributed by atoms with Crippen LogP contribution in [0, 0.1) is 20.8 Å². The number of amides is 3. The zero-order valence-corrected chi connectivity index (χ0v) is 19.5. The molecule has 0 atom stereocenters. The van der Waals surface area contributed by atoms with Gasteiger partial charge in [0.05, 0.1) is 11.4 Å². The van der Waals surface area contributed by atoms with E-state index >= 15 is 0 Å². The number of sulfonamides is 1. The van der Waals surface area contributed by atoms with E-state index in [-0.39, 0.29) is 28.7 Å². The largest absolute Gasteiger partial charge is 0.350 e. The first-order chi connectivity index (χ1) is 15.7. The van der Waals surface area contributed by atoms with Gasteiger partial charge in [-0.1, -0.05) is 54.1 Å². The number of nitrogens with one attached hydrogen (secondary N) is 1. The van der Waals surface area contributed by atoms with Crippen molar-refractivity contribution in [3.63, 3.8) is 0 Å². The number of rotatable bonds is 5. The van der Waals surface area contributed by atoms with E-state index in [1.807, 2.05) is 44.2 Å². The minimum absolute atomic E-state index is 0.0168. The van der Waals surface area contributed by atoms with Crippen LogP contribution in [0.3, 0.4) is 0 Å². The van der Waals surface area contributed by atoms with Crippen molar-refractivity contribution in [1.29, 1.82) is 0 Å². The number of anilines is 2. The molecule has 3 amide bonds. The Balaban J connectivity index is 1.67. The monoisotopic (exact) mass is 463 g/mol. The van der Waals surface area contributed by atoms with Crippen LogP contribution >= 0.6 is 0 Å². The highest BCUT2D eigenvalue weighted by molar-refractivity contribution is 7.94. The third-order valence-electron chi connectivity index (χ3n) is 5.57. The Hall–Kier alpha value is -3.65. The van der Waals surface area contributed by atoms with Crippen molar-refractivity contribution in [1.82, 2.24) is 5.32 Å². The fourth-order valence-electron chi connectivity index (χ4n) is 3.74. The second-order valence-electron chi connectivity index (χ2n) is 8.16. The lowest BCUT2D eigenvalue weighted by atomic mass is 10.1. The number of aryl methyl sites for hydroxylation is 3. The number of carbonyl (C=O) groups is 2. The summed E-state index contributed by atoms with van der Waals surface area (Å²) in [7, 11) is -4.14. The summed E-state index contributed by atoms with van der Waals surface area (Å²) in [6.45, 7) is 5.56. The highest BCUT2D eigenvalue weighted by Crippen LogP contribution is 2.38. The number of hydrogen-bond acceptors (Lipinski definition) is 4. The first-order valence-corrected chi connectivity index (χ1v) is 12.0. The van der Waals surface area contributed by atoms with E-state index in [0.717, 1.165) is 21.0 Å². The fraction of sp³-hybridized carbons (Fsp3) is 0.200. The number of hydrogen-bond donors (Lipinski definition) is 1. The van der Waals surface area contributed by atoms with Crippen LogP contribution in [0.4, 0.5) is 16.2 Å². The first-order valence-electron chi connectivity index (χ1n) is 10.5. The maximum absolute atomic E-state index is 13.5. The average Bonchev–Trinajstić information content (AvgIpc) is 2.78. The topological polar surface area (TPSA) is 86.8 Å². The van der Waals surface area contributed by atoms with Crippen LogP contribution in [0.5, 0.6) is 0 Å². The van der Waals surface area contributed by atoms with Crippen LogP contribution in [0.1, 0.15) is 22.3 Å². The molecule has 0 aromatic heterocycles. The van der Waals surface area contributed by atoms with Crippen molar-refractivity contribution < 1.29 is 18.0 Å². The van der Waals surface area contributed by atoms with E-state index in [0.29, 0.717) is 12.1 Å². The lowest BCUT2D eigenvalue weighted by Crippen LogP contribution is -2.53. The average molecular weight is 464 g/mol. The molecule has 0 spiro atoms. The SMILES string of the molecule is Cc1ccc(CNC(=O)CN2C(=O)N(c3cc(C)ccc3C)S(=O)(=O)c3ccccc32)cc1. The van der Waals surface area contributed by atoms with Crippen molar-refractivity contribution in [3.8, 4) is 0 Å². The highest BCUT2D eigenvalue weighted by atomic mass is 32.2. The second-order valence-corrected chi connectivity index (χ2v) is 9.91. The first kappa shape index (κ1) is 22.5. The van der Waals surface area contributed by atoms with E-state index in [1.54, 1.807) is 37.3 Å². The quantitative estimate of drug-likeness (QED) is 0.618. The molecule has 1 heterocycles. The molecule has 7 nitrogen and oxygen atoms in total. The number of carbonyl (C=O) groups excluding carboxylic acids is 2. The summed E-state index contributed by atoms with van der Waals surface area (Å²) in [6, 6.07) is 18.5. The van der Waals surface area contributed by atoms with Gasteiger partial charge in [-0.15, -0.1) is 0 Å². The zero-order valence-electron chi connectivity index (χ0n) is 18.7. The Bertz CT molecular complexity index is 1330. The molecule has 0 unspecified atom stereocenters. The van der Waals surface area contributed by atoms with Crippen LogP contribution < -0.4 is 14.5 Å². The molecule has 0 aliphatic carbocycles. The van der Waals surface area contributed by atoms with Gasteiger partial charge in [-0.2, -0.15) is 4.31 Å². The van der Waals surface area contributed by atoms with E-state index in [2.05, 4.69) is 5.32 Å². The number of benzene rings is 3. The van der Waals surface area contributed by atoms with Crippen LogP contribution in [0.2, 0.25) is 0 Å². The van der Waals surface area contributed by atoms with Crippen LogP contribution in [-0.2, 0) is 21.4 Å². The molecule has 1 aliphatic heterocycles. The summed E-state index contributed by atoms with van der Waals surface area (Å²) in [4.78, 5) is 27.5. The Morgan fingerprint density at radius 3 is 2.27 bits per heavy atom. The van der Waals surface area contributed by atoms with E-state index in [9.17, 15) is 18.0 Å². The van der Waals surface area contributed by atoms with Gasteiger partial charge in [-0.25, -0.2) is 13.2 Å². The Morgan fingerprint density at radius 1 is 0.879 bits per heavy atom. The molecule has 0 fully saturated rings. The molecule has 170 valence electrons. The van der Waals surface area contributed by atoms with Gasteiger partial charge in [0.1, 0.15) is 11.4 Å². The predicted molar refractivity (Wildman–Crippen MR) is 128 cm³/mol. The number of para-hydroxylation sites is 1. The molecule has 0 saturated heterocycles. The molecule has 0 radical (unpaired) electrons. The molecular weight excluding hydrogens is 438 g/mol. The molecule has 0 bridgehead atoms. The summed E-state index contributed by atoms with van der Waals surface area (Å²) in [5.41, 5.74) is 3.97. The van der Waals surface area contributed by atoms with Crippen molar-refractivity contribution in [2.75, 3.05) is 15.7 Å². The molecule has 1 N–H and O–H groups in total. The summed E-state index contributed by atoms with van der Waals surface area (Å²) >= 11 is 0. The van der Waals surface area contributed by atoms with Gasteiger partial charge < -0.3 is 5.32 Å². The maximum Gasteiger partial charge on any atom is 0.343 e. The van der Waals surface area contributed by atoms with Gasteiger partial charge >= 0.3 is 6.03 Å². The van der Waals surface area contributed by atoms with Crippen LogP contribution in [0.15, 0.2) is 71.6 Å². The van der Waals surface area contributed by atoms with Crippen molar-refractivity contribution in [3.05, 3.63) is 89.0 Å². The minimum Gasteiger partial charge on any atom is -0.350 e. The van der Waals surface area contributed by atoms with Crippen LogP contribution in [0.25, 0.3) is 0 Å². The van der Waals surface area contributed by atoms with Gasteiger partial charge in [0.25, 0.3) is 10.0 Å². The predicted octanol–water partition coefficient (Wildman–Crippen LogP) is 4.06. The minimum atomic E-state index is -4.14. The molecule has 0 saturated carbocycles. The third kappa shape index (κ3) is 4.34. The fourth-order valence-corrected chi connectivity index (χ4v) is 5.39. The van der Waals surface area contributed by atoms with E-state index in [1.165, 1.54) is 11.0 Å².